The minimum Gasteiger partial charge on any atom is -0.466 e. The zero-order valence-corrected chi connectivity index (χ0v) is 11.2. The highest BCUT2D eigenvalue weighted by atomic mass is 16.6. The quantitative estimate of drug-likeness (QED) is 0.160. The van der Waals surface area contributed by atoms with E-state index in [1.54, 1.807) is 6.92 Å². The fraction of sp³-hybridized carbons (Fsp3) is 0.727. The summed E-state index contributed by atoms with van der Waals surface area (Å²) in [4.78, 5) is 41.9. The Balaban J connectivity index is 4.04. The van der Waals surface area contributed by atoms with Gasteiger partial charge in [0, 0.05) is 29.9 Å². The van der Waals surface area contributed by atoms with Gasteiger partial charge in [-0.2, -0.15) is 0 Å². The molecule has 0 aromatic heterocycles. The zero-order valence-electron chi connectivity index (χ0n) is 11.2. The summed E-state index contributed by atoms with van der Waals surface area (Å²) < 4.78 is 4.81. The molecule has 0 bridgehead atoms. The normalized spacial score (nSPS) is 9.30. The highest BCUT2D eigenvalue weighted by Crippen LogP contribution is 1.95. The molecule has 9 heteroatoms. The van der Waals surface area contributed by atoms with Gasteiger partial charge in [0.2, 0.25) is 0 Å². The summed E-state index contributed by atoms with van der Waals surface area (Å²) in [6.07, 6.45) is 2.70. The first-order valence-electron chi connectivity index (χ1n) is 6.00. The summed E-state index contributed by atoms with van der Waals surface area (Å²) in [5.41, 5.74) is 0. The van der Waals surface area contributed by atoms with Crippen LogP contribution in [0.4, 0.5) is 0 Å². The minimum absolute atomic E-state index is 0.162. The van der Waals surface area contributed by atoms with Gasteiger partial charge in [0.15, 0.2) is 0 Å². The summed E-state index contributed by atoms with van der Waals surface area (Å²) in [6, 6.07) is 0. The van der Waals surface area contributed by atoms with E-state index >= 15 is 0 Å². The lowest BCUT2D eigenvalue weighted by Crippen LogP contribution is -2.32. The molecule has 0 saturated carbocycles. The van der Waals surface area contributed by atoms with Crippen molar-refractivity contribution < 1.29 is 28.8 Å². The summed E-state index contributed by atoms with van der Waals surface area (Å²) in [5.74, 6) is -0.309. The molecule has 0 N–H and O–H groups in total. The first-order chi connectivity index (χ1) is 9.74. The van der Waals surface area contributed by atoms with Gasteiger partial charge < -0.3 is 14.4 Å². The number of hydrogen-bond donors (Lipinski definition) is 0. The molecule has 0 amide bonds. The number of hydrogen-bond acceptors (Lipinski definition) is 9. The van der Waals surface area contributed by atoms with Crippen LogP contribution in [0.15, 0.2) is 10.3 Å². The van der Waals surface area contributed by atoms with Crippen LogP contribution in [-0.2, 0) is 28.8 Å². The topological polar surface area (TPSA) is 107 Å². The van der Waals surface area contributed by atoms with Crippen molar-refractivity contribution in [3.8, 4) is 0 Å². The van der Waals surface area contributed by atoms with E-state index in [-0.39, 0.29) is 25.6 Å². The van der Waals surface area contributed by atoms with Crippen molar-refractivity contribution in [3.05, 3.63) is 0 Å². The average Bonchev–Trinajstić information content (AvgIpc) is 2.44. The second-order valence-electron chi connectivity index (χ2n) is 3.43. The molecule has 0 aliphatic heterocycles. The fourth-order valence-electron chi connectivity index (χ4n) is 1.30. The van der Waals surface area contributed by atoms with E-state index in [1.165, 1.54) is 12.2 Å². The van der Waals surface area contributed by atoms with E-state index in [2.05, 4.69) is 20.0 Å². The van der Waals surface area contributed by atoms with Gasteiger partial charge in [0.1, 0.15) is 13.2 Å². The molecule has 0 heterocycles. The maximum absolute atomic E-state index is 11.2. The molecule has 0 radical (unpaired) electrons. The van der Waals surface area contributed by atoms with E-state index in [0.717, 1.165) is 0 Å². The van der Waals surface area contributed by atoms with Crippen molar-refractivity contribution in [2.24, 2.45) is 10.3 Å². The molecule has 0 unspecified atom stereocenters. The van der Waals surface area contributed by atoms with E-state index in [0.29, 0.717) is 26.2 Å². The molecule has 0 rings (SSSR count). The second-order valence-corrected chi connectivity index (χ2v) is 3.43. The van der Waals surface area contributed by atoms with Crippen molar-refractivity contribution in [2.45, 2.75) is 13.3 Å². The van der Waals surface area contributed by atoms with Crippen molar-refractivity contribution >= 4 is 18.1 Å². The van der Waals surface area contributed by atoms with Crippen molar-refractivity contribution in [2.75, 3.05) is 39.5 Å². The summed E-state index contributed by atoms with van der Waals surface area (Å²) in [6.45, 7) is 3.63. The number of nitrogens with zero attached hydrogens (tertiary/aromatic N) is 3. The Morgan fingerprint density at radius 1 is 1.05 bits per heavy atom. The van der Waals surface area contributed by atoms with Crippen LogP contribution in [0.25, 0.3) is 0 Å². The van der Waals surface area contributed by atoms with Crippen LogP contribution >= 0.6 is 0 Å². The summed E-state index contributed by atoms with van der Waals surface area (Å²) in [5, 5.41) is 5.91. The predicted molar refractivity (Wildman–Crippen MR) is 65.8 cm³/mol. The Morgan fingerprint density at radius 2 is 1.60 bits per heavy atom. The Hall–Kier alpha value is -2.21. The van der Waals surface area contributed by atoms with Crippen LogP contribution in [0.1, 0.15) is 13.3 Å². The van der Waals surface area contributed by atoms with Gasteiger partial charge in [-0.1, -0.05) is 0 Å². The number of esters is 1. The van der Waals surface area contributed by atoms with Gasteiger partial charge in [-0.05, 0) is 6.92 Å². The fourth-order valence-corrected chi connectivity index (χ4v) is 1.30. The Labute approximate surface area is 116 Å². The Bertz CT molecular complexity index is 339. The van der Waals surface area contributed by atoms with Crippen LogP contribution in [0.2, 0.25) is 0 Å². The molecule has 0 spiro atoms. The van der Waals surface area contributed by atoms with E-state index < -0.39 is 0 Å². The molecule has 0 aromatic rings. The lowest BCUT2D eigenvalue weighted by molar-refractivity contribution is -0.143. The van der Waals surface area contributed by atoms with Gasteiger partial charge in [-0.3, -0.25) is 9.69 Å². The highest BCUT2D eigenvalue weighted by Gasteiger charge is 2.09. The molecule has 0 aliphatic carbocycles. The van der Waals surface area contributed by atoms with Gasteiger partial charge in [0.25, 0.3) is 12.2 Å². The van der Waals surface area contributed by atoms with Crippen LogP contribution in [-0.4, -0.2) is 62.5 Å². The molecule has 0 aliphatic rings. The first-order valence-corrected chi connectivity index (χ1v) is 6.00. The van der Waals surface area contributed by atoms with Crippen LogP contribution < -0.4 is 0 Å². The Kier molecular flexibility index (Phi) is 11.8. The van der Waals surface area contributed by atoms with Gasteiger partial charge >= 0.3 is 5.97 Å². The van der Waals surface area contributed by atoms with Crippen LogP contribution in [0.3, 0.4) is 0 Å². The largest absolute Gasteiger partial charge is 0.466 e. The van der Waals surface area contributed by atoms with E-state index in [1.807, 2.05) is 4.90 Å². The smallest absolute Gasteiger partial charge is 0.307 e. The SMILES string of the molecule is CCOC(=O)CCN(CCON=C=O)CCON=C=O. The second kappa shape index (κ2) is 13.2. The first kappa shape index (κ1) is 17.8. The maximum atomic E-state index is 11.2. The van der Waals surface area contributed by atoms with Crippen LogP contribution in [0, 0.1) is 0 Å². The molecule has 20 heavy (non-hydrogen) atoms. The van der Waals surface area contributed by atoms with Crippen molar-refractivity contribution in [1.29, 1.82) is 0 Å². The van der Waals surface area contributed by atoms with E-state index in [4.69, 9.17) is 4.74 Å². The molecule has 0 aromatic carbocycles. The number of carbonyl (C=O) groups excluding carboxylic acids is 3. The predicted octanol–water partition coefficient (Wildman–Crippen LogP) is -0.224. The van der Waals surface area contributed by atoms with Gasteiger partial charge in [-0.15, -0.1) is 0 Å². The summed E-state index contributed by atoms with van der Waals surface area (Å²) in [7, 11) is 0. The third-order valence-electron chi connectivity index (χ3n) is 2.14. The molecule has 9 nitrogen and oxygen atoms in total. The highest BCUT2D eigenvalue weighted by molar-refractivity contribution is 5.69. The monoisotopic (exact) mass is 287 g/mol. The molecular weight excluding hydrogens is 270 g/mol. The molecule has 0 saturated heterocycles. The zero-order chi connectivity index (χ0) is 15.1. The number of rotatable bonds is 12. The van der Waals surface area contributed by atoms with Gasteiger partial charge in [-0.25, -0.2) is 9.59 Å². The average molecular weight is 287 g/mol. The van der Waals surface area contributed by atoms with Crippen LogP contribution in [0.5, 0.6) is 0 Å². The molecule has 0 atom stereocenters. The minimum atomic E-state index is -0.309. The lowest BCUT2D eigenvalue weighted by Gasteiger charge is -2.19. The van der Waals surface area contributed by atoms with E-state index in [9.17, 15) is 14.4 Å². The third kappa shape index (κ3) is 10.9. The summed E-state index contributed by atoms with van der Waals surface area (Å²) >= 11 is 0. The molecule has 112 valence electrons. The standard InChI is InChI=1S/C11H17N3O6/c1-2-18-11(17)3-4-14(5-7-19-12-9-15)6-8-20-13-10-16/h2-8H2,1H3. The van der Waals surface area contributed by atoms with Gasteiger partial charge in [0.05, 0.1) is 13.0 Å². The molecule has 0 fully saturated rings. The number of ether oxygens (including phenoxy) is 1. The third-order valence-corrected chi connectivity index (χ3v) is 2.14. The number of carbonyl (C=O) groups is 1. The lowest BCUT2D eigenvalue weighted by atomic mass is 10.3. The van der Waals surface area contributed by atoms with Crippen molar-refractivity contribution in [3.63, 3.8) is 0 Å². The maximum Gasteiger partial charge on any atom is 0.307 e. The molecular formula is C11H17N3O6. The van der Waals surface area contributed by atoms with Crippen molar-refractivity contribution in [1.82, 2.24) is 4.90 Å². The Morgan fingerprint density at radius 3 is 2.05 bits per heavy atom. The number of isocyanates is 2.